The van der Waals surface area contributed by atoms with Crippen LogP contribution in [0.2, 0.25) is 0 Å². The molecule has 0 heterocycles. The third-order valence-electron chi connectivity index (χ3n) is 3.97. The SMILES string of the molecule is CN(Cc1ccc(N(C)C)cc1)C(=O)COC(=O)CCOc1ccccc1. The molecule has 2 rings (SSSR count). The van der Waals surface area contributed by atoms with E-state index in [-0.39, 0.29) is 25.5 Å². The smallest absolute Gasteiger partial charge is 0.309 e. The number of nitrogens with zero attached hydrogens (tertiary/aromatic N) is 2. The van der Waals surface area contributed by atoms with Gasteiger partial charge in [0.15, 0.2) is 6.61 Å². The summed E-state index contributed by atoms with van der Waals surface area (Å²) in [5.74, 6) is -0.00609. The first-order valence-corrected chi connectivity index (χ1v) is 8.79. The first-order chi connectivity index (χ1) is 13.0. The van der Waals surface area contributed by atoms with Gasteiger partial charge in [-0.1, -0.05) is 30.3 Å². The Hall–Kier alpha value is -3.02. The van der Waals surface area contributed by atoms with Gasteiger partial charge in [0, 0.05) is 33.4 Å². The molecule has 0 unspecified atom stereocenters. The zero-order valence-corrected chi connectivity index (χ0v) is 16.1. The van der Waals surface area contributed by atoms with E-state index in [9.17, 15) is 9.59 Å². The predicted molar refractivity (Wildman–Crippen MR) is 105 cm³/mol. The number of hydrogen-bond acceptors (Lipinski definition) is 5. The molecule has 0 fully saturated rings. The average Bonchev–Trinajstić information content (AvgIpc) is 2.67. The van der Waals surface area contributed by atoms with E-state index in [0.717, 1.165) is 11.3 Å². The number of hydrogen-bond donors (Lipinski definition) is 0. The number of anilines is 1. The highest BCUT2D eigenvalue weighted by molar-refractivity contribution is 5.80. The second kappa shape index (κ2) is 10.2. The largest absolute Gasteiger partial charge is 0.493 e. The molecule has 27 heavy (non-hydrogen) atoms. The van der Waals surface area contributed by atoms with Crippen LogP contribution in [0.5, 0.6) is 5.75 Å². The number of carbonyl (C=O) groups is 2. The van der Waals surface area contributed by atoms with Crippen LogP contribution in [0, 0.1) is 0 Å². The lowest BCUT2D eigenvalue weighted by Crippen LogP contribution is -2.31. The minimum atomic E-state index is -0.456. The molecule has 0 saturated heterocycles. The van der Waals surface area contributed by atoms with E-state index in [2.05, 4.69) is 0 Å². The first-order valence-electron chi connectivity index (χ1n) is 8.79. The van der Waals surface area contributed by atoms with Gasteiger partial charge in [0.2, 0.25) is 0 Å². The second-order valence-corrected chi connectivity index (χ2v) is 6.38. The maximum absolute atomic E-state index is 12.1. The van der Waals surface area contributed by atoms with Crippen molar-refractivity contribution in [1.82, 2.24) is 4.90 Å². The standard InChI is InChI=1S/C21H26N2O4/c1-22(2)18-11-9-17(10-12-18)15-23(3)20(24)16-27-21(25)13-14-26-19-7-5-4-6-8-19/h4-12H,13-16H2,1-3H3. The lowest BCUT2D eigenvalue weighted by molar-refractivity contribution is -0.152. The Morgan fingerprint density at radius 2 is 1.59 bits per heavy atom. The molecule has 0 radical (unpaired) electrons. The molecule has 0 atom stereocenters. The van der Waals surface area contributed by atoms with Gasteiger partial charge in [0.25, 0.3) is 5.91 Å². The molecule has 144 valence electrons. The topological polar surface area (TPSA) is 59.1 Å². The second-order valence-electron chi connectivity index (χ2n) is 6.38. The Balaban J connectivity index is 1.68. The summed E-state index contributed by atoms with van der Waals surface area (Å²) in [7, 11) is 5.64. The third-order valence-corrected chi connectivity index (χ3v) is 3.97. The Labute approximate surface area is 160 Å². The van der Waals surface area contributed by atoms with Crippen LogP contribution in [0.1, 0.15) is 12.0 Å². The molecule has 1 amide bonds. The molecule has 0 bridgehead atoms. The maximum Gasteiger partial charge on any atom is 0.309 e. The van der Waals surface area contributed by atoms with E-state index in [0.29, 0.717) is 12.3 Å². The molecule has 0 aromatic heterocycles. The molecule has 0 aliphatic heterocycles. The average molecular weight is 370 g/mol. The van der Waals surface area contributed by atoms with E-state index in [1.165, 1.54) is 0 Å². The van der Waals surface area contributed by atoms with Gasteiger partial charge in [-0.3, -0.25) is 9.59 Å². The lowest BCUT2D eigenvalue weighted by atomic mass is 10.2. The summed E-state index contributed by atoms with van der Waals surface area (Å²) in [6.07, 6.45) is 0.0951. The van der Waals surface area contributed by atoms with Crippen LogP contribution >= 0.6 is 0 Å². The molecule has 0 aliphatic rings. The Morgan fingerprint density at radius 3 is 2.22 bits per heavy atom. The summed E-state index contributed by atoms with van der Waals surface area (Å²) >= 11 is 0. The molecule has 0 aliphatic carbocycles. The predicted octanol–water partition coefficient (Wildman–Crippen LogP) is 2.72. The van der Waals surface area contributed by atoms with Crippen LogP contribution in [0.15, 0.2) is 54.6 Å². The zero-order valence-electron chi connectivity index (χ0n) is 16.1. The van der Waals surface area contributed by atoms with E-state index in [1.807, 2.05) is 73.6 Å². The number of amides is 1. The molecule has 6 nitrogen and oxygen atoms in total. The monoisotopic (exact) mass is 370 g/mol. The number of para-hydroxylation sites is 1. The molecular weight excluding hydrogens is 344 g/mol. The van der Waals surface area contributed by atoms with Crippen molar-refractivity contribution in [3.05, 3.63) is 60.2 Å². The number of benzene rings is 2. The fraction of sp³-hybridized carbons (Fsp3) is 0.333. The van der Waals surface area contributed by atoms with Gasteiger partial charge >= 0.3 is 5.97 Å². The fourth-order valence-electron chi connectivity index (χ4n) is 2.36. The Kier molecular flexibility index (Phi) is 7.67. The number of ether oxygens (including phenoxy) is 2. The molecule has 6 heteroatoms. The maximum atomic E-state index is 12.1. The van der Waals surface area contributed by atoms with Gasteiger partial charge in [-0.05, 0) is 29.8 Å². The Bertz CT molecular complexity index is 730. The van der Waals surface area contributed by atoms with Crippen LogP contribution < -0.4 is 9.64 Å². The van der Waals surface area contributed by atoms with Gasteiger partial charge in [0.1, 0.15) is 5.75 Å². The summed E-state index contributed by atoms with van der Waals surface area (Å²) in [6.45, 7) is 0.406. The van der Waals surface area contributed by atoms with E-state index < -0.39 is 5.97 Å². The van der Waals surface area contributed by atoms with Crippen LogP contribution in [0.4, 0.5) is 5.69 Å². The molecule has 0 saturated carbocycles. The van der Waals surface area contributed by atoms with Crippen molar-refractivity contribution >= 4 is 17.6 Å². The number of likely N-dealkylation sites (N-methyl/N-ethyl adjacent to an activating group) is 1. The van der Waals surface area contributed by atoms with E-state index in [4.69, 9.17) is 9.47 Å². The van der Waals surface area contributed by atoms with Crippen molar-refractivity contribution in [3.63, 3.8) is 0 Å². The molecule has 2 aromatic rings. The van der Waals surface area contributed by atoms with Gasteiger partial charge in [-0.15, -0.1) is 0 Å². The lowest BCUT2D eigenvalue weighted by Gasteiger charge is -2.18. The minimum Gasteiger partial charge on any atom is -0.493 e. The van der Waals surface area contributed by atoms with Gasteiger partial charge < -0.3 is 19.3 Å². The highest BCUT2D eigenvalue weighted by atomic mass is 16.5. The fourth-order valence-corrected chi connectivity index (χ4v) is 2.36. The summed E-state index contributed by atoms with van der Waals surface area (Å²) in [5, 5.41) is 0. The third kappa shape index (κ3) is 7.01. The van der Waals surface area contributed by atoms with E-state index >= 15 is 0 Å². The summed E-state index contributed by atoms with van der Waals surface area (Å²) in [4.78, 5) is 27.4. The van der Waals surface area contributed by atoms with Crippen LogP contribution in [-0.4, -0.2) is 51.1 Å². The molecular formula is C21H26N2O4. The molecule has 0 N–H and O–H groups in total. The summed E-state index contributed by atoms with van der Waals surface area (Å²) in [5.41, 5.74) is 2.11. The summed E-state index contributed by atoms with van der Waals surface area (Å²) < 4.78 is 10.5. The van der Waals surface area contributed by atoms with Crippen molar-refractivity contribution in [2.75, 3.05) is 39.3 Å². The highest BCUT2D eigenvalue weighted by Gasteiger charge is 2.13. The highest BCUT2D eigenvalue weighted by Crippen LogP contribution is 2.13. The van der Waals surface area contributed by atoms with Crippen LogP contribution in [0.3, 0.4) is 0 Å². The first kappa shape index (κ1) is 20.3. The number of carbonyl (C=O) groups excluding carboxylic acids is 2. The quantitative estimate of drug-likeness (QED) is 0.635. The van der Waals surface area contributed by atoms with E-state index in [1.54, 1.807) is 11.9 Å². The van der Waals surface area contributed by atoms with Crippen LogP contribution in [0.25, 0.3) is 0 Å². The van der Waals surface area contributed by atoms with Crippen LogP contribution in [-0.2, 0) is 20.9 Å². The van der Waals surface area contributed by atoms with Crippen molar-refractivity contribution in [1.29, 1.82) is 0 Å². The van der Waals surface area contributed by atoms with Crippen molar-refractivity contribution < 1.29 is 19.1 Å². The van der Waals surface area contributed by atoms with Gasteiger partial charge in [-0.2, -0.15) is 0 Å². The summed E-state index contributed by atoms with van der Waals surface area (Å²) in [6, 6.07) is 17.2. The van der Waals surface area contributed by atoms with Crippen molar-refractivity contribution in [3.8, 4) is 5.75 Å². The van der Waals surface area contributed by atoms with Gasteiger partial charge in [0.05, 0.1) is 13.0 Å². The minimum absolute atomic E-state index is 0.0951. The van der Waals surface area contributed by atoms with Gasteiger partial charge in [-0.25, -0.2) is 0 Å². The number of esters is 1. The van der Waals surface area contributed by atoms with Crippen molar-refractivity contribution in [2.24, 2.45) is 0 Å². The molecule has 2 aromatic carbocycles. The van der Waals surface area contributed by atoms with Crippen molar-refractivity contribution in [2.45, 2.75) is 13.0 Å². The number of rotatable bonds is 9. The Morgan fingerprint density at radius 1 is 0.926 bits per heavy atom. The normalized spacial score (nSPS) is 10.2. The zero-order chi connectivity index (χ0) is 19.6. The molecule has 0 spiro atoms.